The van der Waals surface area contributed by atoms with Gasteiger partial charge in [-0.3, -0.25) is 14.9 Å². The Hall–Kier alpha value is -3.04. The zero-order valence-electron chi connectivity index (χ0n) is 17.9. The van der Waals surface area contributed by atoms with Crippen molar-refractivity contribution >= 4 is 57.8 Å². The Morgan fingerprint density at radius 1 is 0.935 bits per heavy atom. The SMILES string of the molecule is CC(=O)NC(=S)Nc1ccc(NC(=S)NC(=O)COc2cc(C)ccc2C(C)C)cc1. The van der Waals surface area contributed by atoms with Crippen LogP contribution in [0.5, 0.6) is 5.75 Å². The van der Waals surface area contributed by atoms with Crippen LogP contribution >= 0.6 is 24.4 Å². The minimum Gasteiger partial charge on any atom is -0.483 e. The first-order chi connectivity index (χ1) is 14.6. The van der Waals surface area contributed by atoms with Crippen LogP contribution in [-0.4, -0.2) is 28.6 Å². The molecule has 9 heteroatoms. The predicted molar refractivity (Wildman–Crippen MR) is 132 cm³/mol. The summed E-state index contributed by atoms with van der Waals surface area (Å²) in [5.74, 6) is 0.382. The standard InChI is InChI=1S/C22H26N4O3S2/c1-13(2)18-10-5-14(3)11-19(18)29-12-20(28)26-22(31)25-17-8-6-16(7-9-17)24-21(30)23-15(4)27/h5-11,13H,12H2,1-4H3,(H2,23,24,27,30)(H2,25,26,28,31). The molecule has 0 spiro atoms. The van der Waals surface area contributed by atoms with E-state index in [2.05, 4.69) is 35.1 Å². The number of aryl methyl sites for hydroxylation is 1. The molecule has 2 amide bonds. The van der Waals surface area contributed by atoms with Crippen molar-refractivity contribution in [3.05, 3.63) is 53.6 Å². The fraction of sp³-hybridized carbons (Fsp3) is 0.273. The van der Waals surface area contributed by atoms with Crippen LogP contribution in [0.15, 0.2) is 42.5 Å². The quantitative estimate of drug-likeness (QED) is 0.489. The summed E-state index contributed by atoms with van der Waals surface area (Å²) in [6.45, 7) is 7.36. The summed E-state index contributed by atoms with van der Waals surface area (Å²) in [4.78, 5) is 23.2. The molecule has 0 aliphatic heterocycles. The Labute approximate surface area is 192 Å². The van der Waals surface area contributed by atoms with E-state index < -0.39 is 0 Å². The van der Waals surface area contributed by atoms with Crippen molar-refractivity contribution in [1.82, 2.24) is 10.6 Å². The number of nitrogens with one attached hydrogen (secondary N) is 4. The van der Waals surface area contributed by atoms with Gasteiger partial charge >= 0.3 is 0 Å². The molecule has 0 atom stereocenters. The average Bonchev–Trinajstić information content (AvgIpc) is 2.67. The zero-order chi connectivity index (χ0) is 23.0. The van der Waals surface area contributed by atoms with E-state index in [1.807, 2.05) is 25.1 Å². The van der Waals surface area contributed by atoms with E-state index >= 15 is 0 Å². The summed E-state index contributed by atoms with van der Waals surface area (Å²) in [5.41, 5.74) is 3.49. The van der Waals surface area contributed by atoms with Crippen LogP contribution < -0.4 is 26.0 Å². The molecule has 0 fully saturated rings. The van der Waals surface area contributed by atoms with Crippen LogP contribution in [0, 0.1) is 6.92 Å². The number of thiocarbonyl (C=S) groups is 2. The molecule has 164 valence electrons. The monoisotopic (exact) mass is 458 g/mol. The molecule has 31 heavy (non-hydrogen) atoms. The third-order valence-corrected chi connectivity index (χ3v) is 4.50. The summed E-state index contributed by atoms with van der Waals surface area (Å²) in [6, 6.07) is 13.0. The smallest absolute Gasteiger partial charge is 0.264 e. The van der Waals surface area contributed by atoms with Gasteiger partial charge in [-0.05, 0) is 78.7 Å². The first-order valence-electron chi connectivity index (χ1n) is 9.67. The number of benzene rings is 2. The Balaban J connectivity index is 1.84. The van der Waals surface area contributed by atoms with Crippen LogP contribution in [0.3, 0.4) is 0 Å². The molecule has 0 aliphatic rings. The minimum absolute atomic E-state index is 0.144. The maximum Gasteiger partial charge on any atom is 0.264 e. The molecule has 4 N–H and O–H groups in total. The summed E-state index contributed by atoms with van der Waals surface area (Å²) >= 11 is 10.2. The van der Waals surface area contributed by atoms with Crippen LogP contribution in [0.2, 0.25) is 0 Å². The number of ether oxygens (including phenoxy) is 1. The first kappa shape index (κ1) is 24.2. The Morgan fingerprint density at radius 2 is 1.48 bits per heavy atom. The van der Waals surface area contributed by atoms with Crippen LogP contribution in [-0.2, 0) is 9.59 Å². The molecule has 0 aliphatic carbocycles. The molecule has 0 unspecified atom stereocenters. The van der Waals surface area contributed by atoms with Gasteiger partial charge in [-0.15, -0.1) is 0 Å². The van der Waals surface area contributed by atoms with E-state index in [-0.39, 0.29) is 34.6 Å². The zero-order valence-corrected chi connectivity index (χ0v) is 19.5. The minimum atomic E-state index is -0.354. The van der Waals surface area contributed by atoms with Crippen molar-refractivity contribution in [3.63, 3.8) is 0 Å². The molecular weight excluding hydrogens is 432 g/mol. The lowest BCUT2D eigenvalue weighted by atomic mass is 10.0. The largest absolute Gasteiger partial charge is 0.483 e. The molecule has 0 heterocycles. The lowest BCUT2D eigenvalue weighted by Crippen LogP contribution is -2.37. The van der Waals surface area contributed by atoms with Crippen LogP contribution in [0.4, 0.5) is 11.4 Å². The normalized spacial score (nSPS) is 10.2. The fourth-order valence-corrected chi connectivity index (χ4v) is 3.16. The highest BCUT2D eigenvalue weighted by Crippen LogP contribution is 2.27. The second-order valence-corrected chi connectivity index (χ2v) is 8.02. The van der Waals surface area contributed by atoms with Gasteiger partial charge in [0.25, 0.3) is 5.91 Å². The third kappa shape index (κ3) is 8.31. The number of hydrogen-bond donors (Lipinski definition) is 4. The highest BCUT2D eigenvalue weighted by Gasteiger charge is 2.11. The lowest BCUT2D eigenvalue weighted by molar-refractivity contribution is -0.121. The highest BCUT2D eigenvalue weighted by atomic mass is 32.1. The van der Waals surface area contributed by atoms with E-state index in [1.54, 1.807) is 24.3 Å². The molecule has 0 aromatic heterocycles. The number of carbonyl (C=O) groups excluding carboxylic acids is 2. The van der Waals surface area contributed by atoms with Crippen molar-refractivity contribution in [2.24, 2.45) is 0 Å². The average molecular weight is 459 g/mol. The number of carbonyl (C=O) groups is 2. The van der Waals surface area contributed by atoms with Gasteiger partial charge < -0.3 is 20.7 Å². The van der Waals surface area contributed by atoms with Gasteiger partial charge in [0.2, 0.25) is 5.91 Å². The maximum atomic E-state index is 12.2. The van der Waals surface area contributed by atoms with Crippen LogP contribution in [0.1, 0.15) is 37.8 Å². The number of hydrogen-bond acceptors (Lipinski definition) is 5. The molecule has 0 bridgehead atoms. The topological polar surface area (TPSA) is 91.5 Å². The Kier molecular flexibility index (Phi) is 8.89. The fourth-order valence-electron chi connectivity index (χ4n) is 2.67. The van der Waals surface area contributed by atoms with Crippen molar-refractivity contribution in [3.8, 4) is 5.75 Å². The Morgan fingerprint density at radius 3 is 2.00 bits per heavy atom. The van der Waals surface area contributed by atoms with Crippen molar-refractivity contribution in [2.45, 2.75) is 33.6 Å². The van der Waals surface area contributed by atoms with Gasteiger partial charge in [0.1, 0.15) is 5.75 Å². The molecule has 0 radical (unpaired) electrons. The van der Waals surface area contributed by atoms with E-state index in [1.165, 1.54) is 6.92 Å². The molecule has 0 saturated carbocycles. The summed E-state index contributed by atoms with van der Waals surface area (Å²) in [6.07, 6.45) is 0. The molecule has 2 rings (SSSR count). The lowest BCUT2D eigenvalue weighted by Gasteiger charge is -2.15. The van der Waals surface area contributed by atoms with Gasteiger partial charge in [-0.25, -0.2) is 0 Å². The molecule has 2 aromatic carbocycles. The highest BCUT2D eigenvalue weighted by molar-refractivity contribution is 7.80. The van der Waals surface area contributed by atoms with Gasteiger partial charge in [-0.2, -0.15) is 0 Å². The molecular formula is C22H26N4O3S2. The van der Waals surface area contributed by atoms with Crippen LogP contribution in [0.25, 0.3) is 0 Å². The van der Waals surface area contributed by atoms with Gasteiger partial charge in [0, 0.05) is 18.3 Å². The summed E-state index contributed by atoms with van der Waals surface area (Å²) < 4.78 is 5.72. The van der Waals surface area contributed by atoms with Gasteiger partial charge in [0.15, 0.2) is 16.8 Å². The summed E-state index contributed by atoms with van der Waals surface area (Å²) in [7, 11) is 0. The van der Waals surface area contributed by atoms with Crippen molar-refractivity contribution in [2.75, 3.05) is 17.2 Å². The number of amides is 2. The molecule has 2 aromatic rings. The third-order valence-electron chi connectivity index (χ3n) is 4.09. The van der Waals surface area contributed by atoms with E-state index in [9.17, 15) is 9.59 Å². The Bertz CT molecular complexity index is 975. The predicted octanol–water partition coefficient (Wildman–Crippen LogP) is 3.84. The second kappa shape index (κ2) is 11.4. The van der Waals surface area contributed by atoms with Gasteiger partial charge in [0.05, 0.1) is 0 Å². The van der Waals surface area contributed by atoms with E-state index in [0.717, 1.165) is 11.1 Å². The summed E-state index contributed by atoms with van der Waals surface area (Å²) in [5, 5.41) is 11.3. The van der Waals surface area contributed by atoms with Gasteiger partial charge in [-0.1, -0.05) is 26.0 Å². The maximum absolute atomic E-state index is 12.2. The number of anilines is 2. The first-order valence-corrected chi connectivity index (χ1v) is 10.5. The van der Waals surface area contributed by atoms with E-state index in [0.29, 0.717) is 17.1 Å². The van der Waals surface area contributed by atoms with Crippen molar-refractivity contribution in [1.29, 1.82) is 0 Å². The van der Waals surface area contributed by atoms with Crippen molar-refractivity contribution < 1.29 is 14.3 Å². The second-order valence-electron chi connectivity index (χ2n) is 7.20. The number of rotatable bonds is 6. The molecule has 7 nitrogen and oxygen atoms in total. The van der Waals surface area contributed by atoms with E-state index in [4.69, 9.17) is 29.2 Å². The molecule has 0 saturated heterocycles.